The fraction of sp³-hybridized carbons (Fsp3) is 0.583. The maximum Gasteiger partial charge on any atom is 0.266 e. The highest BCUT2D eigenvalue weighted by Gasteiger charge is 2.15. The van der Waals surface area contributed by atoms with Crippen LogP contribution in [0.15, 0.2) is 24.5 Å². The molecule has 5 N–H and O–H groups in total. The Morgan fingerprint density at radius 1 is 1.30 bits per heavy atom. The van der Waals surface area contributed by atoms with Crippen molar-refractivity contribution < 1.29 is 13.0 Å². The van der Waals surface area contributed by atoms with Gasteiger partial charge in [0.15, 0.2) is 0 Å². The molecule has 1 saturated heterocycles. The van der Waals surface area contributed by atoms with Gasteiger partial charge in [-0.1, -0.05) is 0 Å². The van der Waals surface area contributed by atoms with E-state index in [9.17, 15) is 8.42 Å². The second-order valence-corrected chi connectivity index (χ2v) is 6.18. The molecule has 0 unspecified atom stereocenters. The molecule has 0 spiro atoms. The van der Waals surface area contributed by atoms with Gasteiger partial charge in [-0.3, -0.25) is 9.54 Å². The summed E-state index contributed by atoms with van der Waals surface area (Å²) >= 11 is 0. The predicted octanol–water partition coefficient (Wildman–Crippen LogP) is -0.158. The van der Waals surface area contributed by atoms with Crippen molar-refractivity contribution in [3.8, 4) is 0 Å². The molecule has 0 amide bonds. The average Bonchev–Trinajstić information content (AvgIpc) is 2.40. The lowest BCUT2D eigenvalue weighted by Gasteiger charge is -2.31. The van der Waals surface area contributed by atoms with Crippen LogP contribution in [-0.2, 0) is 10.1 Å². The van der Waals surface area contributed by atoms with Gasteiger partial charge < -0.3 is 16.4 Å². The highest BCUT2D eigenvalue weighted by atomic mass is 32.2. The van der Waals surface area contributed by atoms with Gasteiger partial charge in [0.05, 0.1) is 5.75 Å². The van der Waals surface area contributed by atoms with Gasteiger partial charge in [-0.15, -0.1) is 0 Å². The lowest BCUT2D eigenvalue weighted by molar-refractivity contribution is 0.483. The lowest BCUT2D eigenvalue weighted by Crippen LogP contribution is -2.39. The molecular weight excluding hydrogens is 280 g/mol. The third-order valence-corrected chi connectivity index (χ3v) is 3.69. The van der Waals surface area contributed by atoms with Crippen LogP contribution in [-0.4, -0.2) is 49.4 Å². The standard InChI is InChI=1S/C10H15N3.C2H7NO3S/c11-9-3-7-13(8-4-9)10-1-5-12-6-2-10;3-1-2-7(4,5)6/h1-2,5-6,9H,3-4,7-8,11H2;1-3H2,(H,4,5,6). The van der Waals surface area contributed by atoms with Crippen LogP contribution in [0.1, 0.15) is 12.8 Å². The summed E-state index contributed by atoms with van der Waals surface area (Å²) < 4.78 is 27.3. The maximum absolute atomic E-state index is 9.71. The Kier molecular flexibility index (Phi) is 6.86. The average molecular weight is 302 g/mol. The van der Waals surface area contributed by atoms with Crippen molar-refractivity contribution in [3.63, 3.8) is 0 Å². The van der Waals surface area contributed by atoms with E-state index in [1.54, 1.807) is 0 Å². The van der Waals surface area contributed by atoms with E-state index in [2.05, 4.69) is 22.0 Å². The van der Waals surface area contributed by atoms with Crippen LogP contribution in [0.2, 0.25) is 0 Å². The van der Waals surface area contributed by atoms with Gasteiger partial charge in [0.2, 0.25) is 0 Å². The maximum atomic E-state index is 9.71. The zero-order valence-electron chi connectivity index (χ0n) is 11.4. The van der Waals surface area contributed by atoms with Crippen molar-refractivity contribution in [3.05, 3.63) is 24.5 Å². The molecule has 8 heteroatoms. The minimum Gasteiger partial charge on any atom is -0.371 e. The molecule has 20 heavy (non-hydrogen) atoms. The SMILES string of the molecule is NC1CCN(c2ccncc2)CC1.NCCS(=O)(=O)O. The van der Waals surface area contributed by atoms with E-state index in [-0.39, 0.29) is 12.3 Å². The summed E-state index contributed by atoms with van der Waals surface area (Å²) in [5, 5.41) is 0. The molecular formula is C12H22N4O3S. The largest absolute Gasteiger partial charge is 0.371 e. The molecule has 0 aromatic carbocycles. The summed E-state index contributed by atoms with van der Waals surface area (Å²) in [6.45, 7) is 2.12. The van der Waals surface area contributed by atoms with Crippen molar-refractivity contribution in [2.75, 3.05) is 30.3 Å². The van der Waals surface area contributed by atoms with Crippen molar-refractivity contribution in [1.82, 2.24) is 4.98 Å². The van der Waals surface area contributed by atoms with Gasteiger partial charge in [-0.05, 0) is 25.0 Å². The lowest BCUT2D eigenvalue weighted by atomic mass is 10.1. The number of hydrogen-bond donors (Lipinski definition) is 3. The van der Waals surface area contributed by atoms with Crippen LogP contribution < -0.4 is 16.4 Å². The number of nitrogens with two attached hydrogens (primary N) is 2. The summed E-state index contributed by atoms with van der Waals surface area (Å²) in [5.41, 5.74) is 11.9. The molecule has 7 nitrogen and oxygen atoms in total. The molecule has 0 saturated carbocycles. The number of pyridine rings is 1. The Balaban J connectivity index is 0.000000246. The van der Waals surface area contributed by atoms with E-state index in [0.29, 0.717) is 6.04 Å². The Labute approximate surface area is 119 Å². The minimum atomic E-state index is -3.80. The Bertz CT molecular complexity index is 473. The molecule has 0 atom stereocenters. The van der Waals surface area contributed by atoms with E-state index in [4.69, 9.17) is 16.0 Å². The summed E-state index contributed by atoms with van der Waals surface area (Å²) in [6, 6.07) is 4.51. The van der Waals surface area contributed by atoms with E-state index in [1.165, 1.54) is 5.69 Å². The summed E-state index contributed by atoms with van der Waals surface area (Å²) in [5.74, 6) is -0.354. The van der Waals surface area contributed by atoms with Crippen LogP contribution in [0.25, 0.3) is 0 Å². The van der Waals surface area contributed by atoms with E-state index in [0.717, 1.165) is 25.9 Å². The van der Waals surface area contributed by atoms with E-state index in [1.807, 2.05) is 12.4 Å². The number of rotatable bonds is 3. The van der Waals surface area contributed by atoms with Crippen molar-refractivity contribution in [2.24, 2.45) is 11.5 Å². The molecule has 1 aliphatic rings. The van der Waals surface area contributed by atoms with Crippen LogP contribution in [0.5, 0.6) is 0 Å². The Morgan fingerprint density at radius 2 is 1.85 bits per heavy atom. The highest BCUT2D eigenvalue weighted by Crippen LogP contribution is 2.17. The van der Waals surface area contributed by atoms with Crippen molar-refractivity contribution >= 4 is 15.8 Å². The Morgan fingerprint density at radius 3 is 2.25 bits per heavy atom. The van der Waals surface area contributed by atoms with Gasteiger partial charge in [0, 0.05) is 43.8 Å². The zero-order valence-corrected chi connectivity index (χ0v) is 12.2. The summed E-state index contributed by atoms with van der Waals surface area (Å²) in [6.07, 6.45) is 5.87. The number of aromatic nitrogens is 1. The molecule has 1 aliphatic heterocycles. The molecule has 1 fully saturated rings. The summed E-state index contributed by atoms with van der Waals surface area (Å²) in [7, 11) is -3.80. The molecule has 2 rings (SSSR count). The van der Waals surface area contributed by atoms with Gasteiger partial charge in [0.1, 0.15) is 0 Å². The second-order valence-electron chi connectivity index (χ2n) is 4.60. The predicted molar refractivity (Wildman–Crippen MR) is 79.1 cm³/mol. The van der Waals surface area contributed by atoms with Gasteiger partial charge in [0.25, 0.3) is 10.1 Å². The van der Waals surface area contributed by atoms with Crippen LogP contribution in [0, 0.1) is 0 Å². The molecule has 114 valence electrons. The van der Waals surface area contributed by atoms with Gasteiger partial charge >= 0.3 is 0 Å². The topological polar surface area (TPSA) is 123 Å². The first kappa shape index (κ1) is 16.8. The normalized spacial score (nSPS) is 16.4. The van der Waals surface area contributed by atoms with Gasteiger partial charge in [-0.2, -0.15) is 8.42 Å². The smallest absolute Gasteiger partial charge is 0.266 e. The van der Waals surface area contributed by atoms with Crippen molar-refractivity contribution in [2.45, 2.75) is 18.9 Å². The number of anilines is 1. The number of nitrogens with zero attached hydrogens (tertiary/aromatic N) is 2. The summed E-state index contributed by atoms with van der Waals surface area (Å²) in [4.78, 5) is 6.37. The number of piperidine rings is 1. The third-order valence-electron chi connectivity index (χ3n) is 2.94. The fourth-order valence-corrected chi connectivity index (χ4v) is 2.16. The van der Waals surface area contributed by atoms with Gasteiger partial charge in [-0.25, -0.2) is 0 Å². The third kappa shape index (κ3) is 6.80. The quantitative estimate of drug-likeness (QED) is 0.663. The number of hydrogen-bond acceptors (Lipinski definition) is 6. The molecule has 1 aromatic heterocycles. The van der Waals surface area contributed by atoms with E-state index >= 15 is 0 Å². The minimum absolute atomic E-state index is 0.0289. The molecule has 0 radical (unpaired) electrons. The van der Waals surface area contributed by atoms with Crippen LogP contribution >= 0.6 is 0 Å². The second kappa shape index (κ2) is 8.15. The Hall–Kier alpha value is -1.22. The zero-order chi connectivity index (χ0) is 15.0. The van der Waals surface area contributed by atoms with Crippen LogP contribution in [0.4, 0.5) is 5.69 Å². The molecule has 0 aliphatic carbocycles. The highest BCUT2D eigenvalue weighted by molar-refractivity contribution is 7.85. The first-order chi connectivity index (χ1) is 9.42. The van der Waals surface area contributed by atoms with E-state index < -0.39 is 10.1 Å². The molecule has 1 aromatic rings. The first-order valence-electron chi connectivity index (χ1n) is 6.48. The van der Waals surface area contributed by atoms with Crippen LogP contribution in [0.3, 0.4) is 0 Å². The molecule has 2 heterocycles. The first-order valence-corrected chi connectivity index (χ1v) is 8.09. The van der Waals surface area contributed by atoms with Crippen molar-refractivity contribution in [1.29, 1.82) is 0 Å². The monoisotopic (exact) mass is 302 g/mol. The fourth-order valence-electron chi connectivity index (χ4n) is 1.86. The molecule has 0 bridgehead atoms.